The molecule has 1 aliphatic rings. The molecule has 3 aromatic rings. The number of carboxylic acid groups (broad SMARTS) is 1. The molecule has 1 aromatic heterocycles. The SMILES string of the molecule is O=C(O)C(Cc1ccccc1)N1C(=O)/C(=C/c2ccc(-c3ccc(Br)cc3)o2)NC1=S. The van der Waals surface area contributed by atoms with Crippen LogP contribution in [0.1, 0.15) is 11.3 Å². The zero-order valence-electron chi connectivity index (χ0n) is 16.1. The van der Waals surface area contributed by atoms with Crippen molar-refractivity contribution in [1.29, 1.82) is 0 Å². The summed E-state index contributed by atoms with van der Waals surface area (Å²) in [6.07, 6.45) is 1.67. The highest BCUT2D eigenvalue weighted by atomic mass is 79.9. The lowest BCUT2D eigenvalue weighted by Gasteiger charge is -2.22. The molecule has 31 heavy (non-hydrogen) atoms. The van der Waals surface area contributed by atoms with Gasteiger partial charge in [-0.2, -0.15) is 0 Å². The second-order valence-corrected chi connectivity index (χ2v) is 8.22. The van der Waals surface area contributed by atoms with Crippen molar-refractivity contribution in [2.45, 2.75) is 12.5 Å². The number of benzene rings is 2. The second-order valence-electron chi connectivity index (χ2n) is 6.92. The molecule has 0 spiro atoms. The van der Waals surface area contributed by atoms with Crippen LogP contribution in [0.2, 0.25) is 0 Å². The van der Waals surface area contributed by atoms with E-state index in [1.54, 1.807) is 12.1 Å². The molecule has 4 rings (SSSR count). The second kappa shape index (κ2) is 8.87. The lowest BCUT2D eigenvalue weighted by molar-refractivity contribution is -0.145. The summed E-state index contributed by atoms with van der Waals surface area (Å²) >= 11 is 8.67. The molecule has 0 radical (unpaired) electrons. The molecule has 8 heteroatoms. The summed E-state index contributed by atoms with van der Waals surface area (Å²) in [5.74, 6) is -0.530. The summed E-state index contributed by atoms with van der Waals surface area (Å²) < 4.78 is 6.79. The van der Waals surface area contributed by atoms with E-state index in [9.17, 15) is 14.7 Å². The van der Waals surface area contributed by atoms with Gasteiger partial charge >= 0.3 is 5.97 Å². The van der Waals surface area contributed by atoms with Gasteiger partial charge in [-0.05, 0) is 42.0 Å². The number of nitrogens with zero attached hydrogens (tertiary/aromatic N) is 1. The molecule has 1 atom stereocenters. The fourth-order valence-corrected chi connectivity index (χ4v) is 3.88. The average molecular weight is 497 g/mol. The zero-order chi connectivity index (χ0) is 22.0. The Bertz CT molecular complexity index is 1170. The van der Waals surface area contributed by atoms with E-state index < -0.39 is 17.9 Å². The van der Waals surface area contributed by atoms with Crippen molar-refractivity contribution in [3.63, 3.8) is 0 Å². The molecule has 1 aliphatic heterocycles. The van der Waals surface area contributed by atoms with Crippen LogP contribution in [0.15, 0.2) is 81.3 Å². The normalized spacial score (nSPS) is 15.9. The number of amides is 1. The van der Waals surface area contributed by atoms with Gasteiger partial charge in [0.1, 0.15) is 23.3 Å². The number of nitrogens with one attached hydrogen (secondary N) is 1. The summed E-state index contributed by atoms with van der Waals surface area (Å²) in [6.45, 7) is 0. The van der Waals surface area contributed by atoms with Crippen LogP contribution in [-0.4, -0.2) is 33.0 Å². The van der Waals surface area contributed by atoms with Crippen LogP contribution in [0, 0.1) is 0 Å². The number of aliphatic carboxylic acids is 1. The minimum Gasteiger partial charge on any atom is -0.480 e. The molecule has 2 aromatic carbocycles. The van der Waals surface area contributed by atoms with Crippen molar-refractivity contribution >= 4 is 51.2 Å². The maximum atomic E-state index is 13.0. The van der Waals surface area contributed by atoms with Gasteiger partial charge in [0.25, 0.3) is 5.91 Å². The summed E-state index contributed by atoms with van der Waals surface area (Å²) in [7, 11) is 0. The Labute approximate surface area is 192 Å². The minimum absolute atomic E-state index is 0.0549. The molecule has 2 N–H and O–H groups in total. The van der Waals surface area contributed by atoms with Crippen LogP contribution in [0.5, 0.6) is 0 Å². The van der Waals surface area contributed by atoms with Gasteiger partial charge in [-0.1, -0.05) is 58.4 Å². The molecule has 1 fully saturated rings. The quantitative estimate of drug-likeness (QED) is 0.387. The topological polar surface area (TPSA) is 82.8 Å². The van der Waals surface area contributed by atoms with Crippen LogP contribution >= 0.6 is 28.1 Å². The number of furan rings is 1. The van der Waals surface area contributed by atoms with Crippen LogP contribution in [0.3, 0.4) is 0 Å². The molecular formula is C23H17BrN2O4S. The highest BCUT2D eigenvalue weighted by molar-refractivity contribution is 9.10. The molecule has 0 bridgehead atoms. The maximum absolute atomic E-state index is 13.0. The molecule has 156 valence electrons. The van der Waals surface area contributed by atoms with E-state index in [1.807, 2.05) is 54.6 Å². The predicted molar refractivity (Wildman–Crippen MR) is 124 cm³/mol. The van der Waals surface area contributed by atoms with E-state index in [1.165, 1.54) is 6.08 Å². The van der Waals surface area contributed by atoms with Gasteiger partial charge in [0.05, 0.1) is 0 Å². The number of hydrogen-bond donors (Lipinski definition) is 2. The summed E-state index contributed by atoms with van der Waals surface area (Å²) in [4.78, 5) is 26.0. The number of thiocarbonyl (C=S) groups is 1. The summed E-state index contributed by atoms with van der Waals surface area (Å²) in [6, 6.07) is 19.2. The fraction of sp³-hybridized carbons (Fsp3) is 0.0870. The van der Waals surface area contributed by atoms with Crippen molar-refractivity contribution in [3.05, 3.63) is 88.2 Å². The van der Waals surface area contributed by atoms with E-state index in [4.69, 9.17) is 16.6 Å². The zero-order valence-corrected chi connectivity index (χ0v) is 18.5. The van der Waals surface area contributed by atoms with Crippen molar-refractivity contribution in [2.75, 3.05) is 0 Å². The lowest BCUT2D eigenvalue weighted by Crippen LogP contribution is -2.46. The maximum Gasteiger partial charge on any atom is 0.327 e. The largest absolute Gasteiger partial charge is 0.480 e. The number of rotatable bonds is 6. The first-order valence-electron chi connectivity index (χ1n) is 9.41. The Balaban J connectivity index is 1.56. The molecule has 1 unspecified atom stereocenters. The number of halogens is 1. The van der Waals surface area contributed by atoms with Crippen molar-refractivity contribution in [3.8, 4) is 11.3 Å². The fourth-order valence-electron chi connectivity index (χ4n) is 3.30. The highest BCUT2D eigenvalue weighted by Gasteiger charge is 2.39. The highest BCUT2D eigenvalue weighted by Crippen LogP contribution is 2.26. The average Bonchev–Trinajstić information content (AvgIpc) is 3.32. The van der Waals surface area contributed by atoms with Gasteiger partial charge in [-0.3, -0.25) is 9.69 Å². The smallest absolute Gasteiger partial charge is 0.327 e. The Morgan fingerprint density at radius 1 is 1.13 bits per heavy atom. The monoisotopic (exact) mass is 496 g/mol. The third-order valence-corrected chi connectivity index (χ3v) is 5.65. The summed E-state index contributed by atoms with van der Waals surface area (Å²) in [5, 5.41) is 12.6. The van der Waals surface area contributed by atoms with Crippen molar-refractivity contribution < 1.29 is 19.1 Å². The first-order chi connectivity index (χ1) is 14.9. The molecule has 0 aliphatic carbocycles. The Morgan fingerprint density at radius 2 is 1.84 bits per heavy atom. The van der Waals surface area contributed by atoms with Gasteiger partial charge in [0, 0.05) is 22.5 Å². The third-order valence-electron chi connectivity index (χ3n) is 4.82. The van der Waals surface area contributed by atoms with Crippen LogP contribution in [0.4, 0.5) is 0 Å². The number of carbonyl (C=O) groups excluding carboxylic acids is 1. The Kier molecular flexibility index (Phi) is 6.01. The third kappa shape index (κ3) is 4.60. The predicted octanol–water partition coefficient (Wildman–Crippen LogP) is 4.46. The van der Waals surface area contributed by atoms with Crippen LogP contribution in [-0.2, 0) is 16.0 Å². The van der Waals surface area contributed by atoms with Gasteiger partial charge in [-0.15, -0.1) is 0 Å². The van der Waals surface area contributed by atoms with E-state index in [-0.39, 0.29) is 17.2 Å². The molecular weight excluding hydrogens is 480 g/mol. The summed E-state index contributed by atoms with van der Waals surface area (Å²) in [5.41, 5.74) is 1.86. The van der Waals surface area contributed by atoms with E-state index in [0.717, 1.165) is 20.5 Å². The molecule has 6 nitrogen and oxygen atoms in total. The number of hydrogen-bond acceptors (Lipinski definition) is 4. The van der Waals surface area contributed by atoms with E-state index in [0.29, 0.717) is 11.5 Å². The van der Waals surface area contributed by atoms with E-state index >= 15 is 0 Å². The molecule has 2 heterocycles. The van der Waals surface area contributed by atoms with Crippen molar-refractivity contribution in [1.82, 2.24) is 10.2 Å². The molecule has 0 saturated carbocycles. The minimum atomic E-state index is -1.13. The standard InChI is InChI=1S/C23H17BrN2O4S/c24-16-8-6-15(7-9-16)20-11-10-17(30-20)13-18-21(27)26(23(31)25-18)19(22(28)29)12-14-4-2-1-3-5-14/h1-11,13,19H,12H2,(H,25,31)(H,28,29)/b18-13-. The van der Waals surface area contributed by atoms with Gasteiger partial charge < -0.3 is 14.8 Å². The molecule has 1 amide bonds. The van der Waals surface area contributed by atoms with Crippen LogP contribution in [0.25, 0.3) is 17.4 Å². The van der Waals surface area contributed by atoms with E-state index in [2.05, 4.69) is 21.2 Å². The molecule has 1 saturated heterocycles. The van der Waals surface area contributed by atoms with Gasteiger partial charge in [-0.25, -0.2) is 4.79 Å². The number of carbonyl (C=O) groups is 2. The first kappa shape index (κ1) is 21.0. The van der Waals surface area contributed by atoms with Crippen LogP contribution < -0.4 is 5.32 Å². The lowest BCUT2D eigenvalue weighted by atomic mass is 10.0. The van der Waals surface area contributed by atoms with Gasteiger partial charge in [0.2, 0.25) is 0 Å². The van der Waals surface area contributed by atoms with Gasteiger partial charge in [0.15, 0.2) is 5.11 Å². The number of carboxylic acids is 1. The Hall–Kier alpha value is -3.23. The Morgan fingerprint density at radius 3 is 2.52 bits per heavy atom. The first-order valence-corrected chi connectivity index (χ1v) is 10.6. The van der Waals surface area contributed by atoms with Crippen molar-refractivity contribution in [2.24, 2.45) is 0 Å².